The number of halogens is 1. The van der Waals surface area contributed by atoms with Crippen LogP contribution in [0.3, 0.4) is 0 Å². The van der Waals surface area contributed by atoms with Gasteiger partial charge in [-0.1, -0.05) is 42.5 Å². The van der Waals surface area contributed by atoms with E-state index in [9.17, 15) is 9.18 Å². The third-order valence-electron chi connectivity index (χ3n) is 5.72. The molecule has 2 atom stereocenters. The predicted molar refractivity (Wildman–Crippen MR) is 113 cm³/mol. The number of rotatable bonds is 8. The lowest BCUT2D eigenvalue weighted by Gasteiger charge is -2.41. The van der Waals surface area contributed by atoms with Gasteiger partial charge in [0.1, 0.15) is 5.82 Å². The van der Waals surface area contributed by atoms with Crippen molar-refractivity contribution in [3.05, 3.63) is 71.5 Å². The molecule has 156 valence electrons. The number of ether oxygens (including phenoxy) is 1. The van der Waals surface area contributed by atoms with Crippen molar-refractivity contribution in [2.24, 2.45) is 5.92 Å². The largest absolute Gasteiger partial charge is 0.466 e. The van der Waals surface area contributed by atoms with Gasteiger partial charge >= 0.3 is 5.97 Å². The van der Waals surface area contributed by atoms with Gasteiger partial charge in [-0.05, 0) is 56.6 Å². The summed E-state index contributed by atoms with van der Waals surface area (Å²) < 4.78 is 18.5. The van der Waals surface area contributed by atoms with Gasteiger partial charge in [0.25, 0.3) is 0 Å². The summed E-state index contributed by atoms with van der Waals surface area (Å²) in [6.07, 6.45) is 1.77. The molecule has 4 nitrogen and oxygen atoms in total. The lowest BCUT2D eigenvalue weighted by molar-refractivity contribution is -0.153. The number of benzene rings is 2. The molecule has 0 aromatic heterocycles. The molecule has 2 aromatic carbocycles. The molecule has 0 radical (unpaired) electrons. The molecule has 1 fully saturated rings. The molecule has 1 heterocycles. The van der Waals surface area contributed by atoms with E-state index in [-0.39, 0.29) is 23.7 Å². The molecule has 0 amide bonds. The van der Waals surface area contributed by atoms with Gasteiger partial charge < -0.3 is 9.64 Å². The van der Waals surface area contributed by atoms with Crippen LogP contribution in [0.25, 0.3) is 0 Å². The molecule has 1 saturated heterocycles. The van der Waals surface area contributed by atoms with Gasteiger partial charge in [-0.25, -0.2) is 4.39 Å². The highest BCUT2D eigenvalue weighted by molar-refractivity contribution is 5.73. The second kappa shape index (κ2) is 10.5. The first-order valence-electron chi connectivity index (χ1n) is 10.4. The van der Waals surface area contributed by atoms with Gasteiger partial charge in [-0.3, -0.25) is 9.69 Å². The van der Waals surface area contributed by atoms with Crippen LogP contribution < -0.4 is 0 Å². The van der Waals surface area contributed by atoms with E-state index in [2.05, 4.69) is 29.0 Å². The first-order chi connectivity index (χ1) is 14.1. The van der Waals surface area contributed by atoms with Crippen LogP contribution >= 0.6 is 0 Å². The fourth-order valence-electron chi connectivity index (χ4n) is 4.15. The van der Waals surface area contributed by atoms with Crippen LogP contribution in [0.1, 0.15) is 24.5 Å². The average Bonchev–Trinajstić information content (AvgIpc) is 2.74. The summed E-state index contributed by atoms with van der Waals surface area (Å²) in [5.74, 6) is -0.479. The Hall–Kier alpha value is -2.24. The van der Waals surface area contributed by atoms with E-state index in [4.69, 9.17) is 4.74 Å². The monoisotopic (exact) mass is 398 g/mol. The molecule has 0 saturated carbocycles. The van der Waals surface area contributed by atoms with E-state index in [1.54, 1.807) is 0 Å². The second-order valence-electron chi connectivity index (χ2n) is 7.79. The Morgan fingerprint density at radius 3 is 2.55 bits per heavy atom. The molecule has 0 unspecified atom stereocenters. The summed E-state index contributed by atoms with van der Waals surface area (Å²) in [6, 6.07) is 17.2. The zero-order valence-corrected chi connectivity index (χ0v) is 17.4. The molecule has 0 spiro atoms. The van der Waals surface area contributed by atoms with Crippen LogP contribution in [-0.4, -0.2) is 55.1 Å². The van der Waals surface area contributed by atoms with Crippen LogP contribution in [0.2, 0.25) is 0 Å². The standard InChI is InChI=1S/C24H31FN2O2/c1-3-29-24(28)22-18-27(15-13-19-9-11-21(25)12-10-19)16-14-23(22)26(2)17-20-7-5-4-6-8-20/h4-12,22-23H,3,13-18H2,1-2H3/t22-,23-/m0/s1. The van der Waals surface area contributed by atoms with Crippen LogP contribution in [0, 0.1) is 11.7 Å². The van der Waals surface area contributed by atoms with Crippen LogP contribution in [0.15, 0.2) is 54.6 Å². The summed E-state index contributed by atoms with van der Waals surface area (Å²) in [6.45, 7) is 5.58. The number of hydrogen-bond donors (Lipinski definition) is 0. The van der Waals surface area contributed by atoms with Gasteiger partial charge in [-0.2, -0.15) is 0 Å². The van der Waals surface area contributed by atoms with Crippen LogP contribution in [0.4, 0.5) is 4.39 Å². The molecule has 5 heteroatoms. The van der Waals surface area contributed by atoms with E-state index >= 15 is 0 Å². The van der Waals surface area contributed by atoms with E-state index in [0.717, 1.165) is 38.0 Å². The molecule has 0 N–H and O–H groups in total. The zero-order valence-electron chi connectivity index (χ0n) is 17.4. The van der Waals surface area contributed by atoms with Gasteiger partial charge in [0.05, 0.1) is 12.5 Å². The van der Waals surface area contributed by atoms with Gasteiger partial charge in [-0.15, -0.1) is 0 Å². The zero-order chi connectivity index (χ0) is 20.6. The van der Waals surface area contributed by atoms with Crippen LogP contribution in [0.5, 0.6) is 0 Å². The molecule has 0 bridgehead atoms. The second-order valence-corrected chi connectivity index (χ2v) is 7.79. The number of piperidine rings is 1. The summed E-state index contributed by atoms with van der Waals surface area (Å²) in [5, 5.41) is 0. The average molecular weight is 399 g/mol. The fraction of sp³-hybridized carbons (Fsp3) is 0.458. The lowest BCUT2D eigenvalue weighted by atomic mass is 9.90. The smallest absolute Gasteiger partial charge is 0.311 e. The number of esters is 1. The number of likely N-dealkylation sites (tertiary alicyclic amines) is 1. The minimum Gasteiger partial charge on any atom is -0.466 e. The van der Waals surface area contributed by atoms with Crippen LogP contribution in [-0.2, 0) is 22.5 Å². The first kappa shape index (κ1) is 21.5. The molecular formula is C24H31FN2O2. The predicted octanol–water partition coefficient (Wildman–Crippen LogP) is 3.75. The Kier molecular flexibility index (Phi) is 7.78. The summed E-state index contributed by atoms with van der Waals surface area (Å²) in [4.78, 5) is 17.3. The Morgan fingerprint density at radius 2 is 1.86 bits per heavy atom. The SMILES string of the molecule is CCOC(=O)[C@H]1CN(CCc2ccc(F)cc2)CC[C@@H]1N(C)Cc1ccccc1. The lowest BCUT2D eigenvalue weighted by Crippen LogP contribution is -2.53. The highest BCUT2D eigenvalue weighted by Gasteiger charge is 2.37. The third kappa shape index (κ3) is 6.12. The Labute approximate surface area is 173 Å². The van der Waals surface area contributed by atoms with Crippen molar-refractivity contribution in [3.63, 3.8) is 0 Å². The molecule has 29 heavy (non-hydrogen) atoms. The van der Waals surface area contributed by atoms with E-state index in [0.29, 0.717) is 13.2 Å². The first-order valence-corrected chi connectivity index (χ1v) is 10.4. The maximum Gasteiger partial charge on any atom is 0.311 e. The highest BCUT2D eigenvalue weighted by atomic mass is 19.1. The normalized spacial score (nSPS) is 20.0. The maximum absolute atomic E-state index is 13.1. The van der Waals surface area contributed by atoms with Gasteiger partial charge in [0.15, 0.2) is 0 Å². The minimum atomic E-state index is -0.210. The topological polar surface area (TPSA) is 32.8 Å². The van der Waals surface area contributed by atoms with Crippen molar-refractivity contribution in [2.75, 3.05) is 33.3 Å². The fourth-order valence-corrected chi connectivity index (χ4v) is 4.15. The minimum absolute atomic E-state index is 0.108. The number of hydrogen-bond acceptors (Lipinski definition) is 4. The van der Waals surface area contributed by atoms with E-state index < -0.39 is 0 Å². The van der Waals surface area contributed by atoms with Gasteiger partial charge in [0.2, 0.25) is 0 Å². The van der Waals surface area contributed by atoms with Crippen molar-refractivity contribution in [2.45, 2.75) is 32.4 Å². The Bertz CT molecular complexity index is 766. The maximum atomic E-state index is 13.1. The van der Waals surface area contributed by atoms with Crippen molar-refractivity contribution in [1.82, 2.24) is 9.80 Å². The van der Waals surface area contributed by atoms with Gasteiger partial charge in [0, 0.05) is 25.7 Å². The quantitative estimate of drug-likeness (QED) is 0.634. The van der Waals surface area contributed by atoms with Crippen molar-refractivity contribution in [1.29, 1.82) is 0 Å². The molecule has 0 aliphatic carbocycles. The third-order valence-corrected chi connectivity index (χ3v) is 5.72. The summed E-state index contributed by atoms with van der Waals surface area (Å²) >= 11 is 0. The van der Waals surface area contributed by atoms with Crippen molar-refractivity contribution >= 4 is 5.97 Å². The molecular weight excluding hydrogens is 367 g/mol. The number of nitrogens with zero attached hydrogens (tertiary/aromatic N) is 2. The molecule has 3 rings (SSSR count). The summed E-state index contributed by atoms with van der Waals surface area (Å²) in [7, 11) is 2.10. The van der Waals surface area contributed by atoms with E-state index in [1.165, 1.54) is 17.7 Å². The van der Waals surface area contributed by atoms with Crippen molar-refractivity contribution in [3.8, 4) is 0 Å². The van der Waals surface area contributed by atoms with E-state index in [1.807, 2.05) is 37.3 Å². The number of carbonyl (C=O) groups is 1. The number of carbonyl (C=O) groups excluding carboxylic acids is 1. The highest BCUT2D eigenvalue weighted by Crippen LogP contribution is 2.25. The Morgan fingerprint density at radius 1 is 1.14 bits per heavy atom. The van der Waals surface area contributed by atoms with Crippen molar-refractivity contribution < 1.29 is 13.9 Å². The molecule has 2 aromatic rings. The Balaban J connectivity index is 1.62. The molecule has 1 aliphatic rings. The molecule has 1 aliphatic heterocycles. The summed E-state index contributed by atoms with van der Waals surface area (Å²) in [5.41, 5.74) is 2.36.